The summed E-state index contributed by atoms with van der Waals surface area (Å²) in [5.74, 6) is 0.456. The van der Waals surface area contributed by atoms with Crippen LogP contribution in [0.15, 0.2) is 45.1 Å². The number of rotatable bonds is 5. The van der Waals surface area contributed by atoms with Gasteiger partial charge < -0.3 is 5.32 Å². The lowest BCUT2D eigenvalue weighted by Gasteiger charge is -2.12. The molecule has 5 nitrogen and oxygen atoms in total. The lowest BCUT2D eigenvalue weighted by atomic mass is 10.2. The van der Waals surface area contributed by atoms with Crippen LogP contribution in [-0.4, -0.2) is 33.4 Å². The van der Waals surface area contributed by atoms with E-state index in [0.29, 0.717) is 22.1 Å². The van der Waals surface area contributed by atoms with Gasteiger partial charge in [0.05, 0.1) is 26.4 Å². The maximum Gasteiger partial charge on any atom is 0.260 e. The Balaban J connectivity index is 1.66. The number of thiazole rings is 1. The number of thiophene rings is 1. The van der Waals surface area contributed by atoms with Crippen molar-refractivity contribution in [1.82, 2.24) is 15.0 Å². The van der Waals surface area contributed by atoms with E-state index in [0.717, 1.165) is 25.1 Å². The monoisotopic (exact) mass is 444 g/mol. The van der Waals surface area contributed by atoms with Gasteiger partial charge in [-0.2, -0.15) is 0 Å². The minimum Gasteiger partial charge on any atom is -0.322 e. The molecule has 0 spiro atoms. The van der Waals surface area contributed by atoms with Crippen LogP contribution in [0.4, 0.5) is 5.69 Å². The van der Waals surface area contributed by atoms with Crippen LogP contribution in [0.5, 0.6) is 0 Å². The number of amides is 1. The zero-order valence-corrected chi connectivity index (χ0v) is 18.6. The van der Waals surface area contributed by atoms with Gasteiger partial charge in [0.15, 0.2) is 10.2 Å². The fraction of sp³-hybridized carbons (Fsp3) is 0.158. The molecule has 1 aromatic carbocycles. The molecule has 0 fully saturated rings. The van der Waals surface area contributed by atoms with Gasteiger partial charge in [-0.25, -0.2) is 15.0 Å². The molecule has 1 amide bonds. The summed E-state index contributed by atoms with van der Waals surface area (Å²) in [6.45, 7) is 1.85. The van der Waals surface area contributed by atoms with Crippen LogP contribution in [0.3, 0.4) is 0 Å². The van der Waals surface area contributed by atoms with Crippen LogP contribution >= 0.6 is 46.2 Å². The summed E-state index contributed by atoms with van der Waals surface area (Å²) in [7, 11) is 0. The summed E-state index contributed by atoms with van der Waals surface area (Å²) >= 11 is 6.27. The Hall–Kier alpha value is -1.94. The molecule has 0 saturated carbocycles. The fourth-order valence-electron chi connectivity index (χ4n) is 2.73. The number of fused-ring (bicyclic) bond motifs is 1. The molecular weight excluding hydrogens is 429 g/mol. The number of nitrogens with zero attached hydrogens (tertiary/aromatic N) is 3. The van der Waals surface area contributed by atoms with E-state index in [2.05, 4.69) is 20.3 Å². The second-order valence-electron chi connectivity index (χ2n) is 5.81. The van der Waals surface area contributed by atoms with E-state index in [9.17, 15) is 4.79 Å². The van der Waals surface area contributed by atoms with Crippen LogP contribution in [0, 0.1) is 6.92 Å². The molecule has 4 rings (SSSR count). The molecule has 0 aliphatic heterocycles. The van der Waals surface area contributed by atoms with Gasteiger partial charge in [0.25, 0.3) is 5.91 Å². The highest BCUT2D eigenvalue weighted by molar-refractivity contribution is 8.00. The largest absolute Gasteiger partial charge is 0.322 e. The van der Waals surface area contributed by atoms with E-state index in [1.807, 2.05) is 55.1 Å². The van der Waals surface area contributed by atoms with Crippen molar-refractivity contribution < 1.29 is 4.79 Å². The molecule has 0 saturated heterocycles. The quantitative estimate of drug-likeness (QED) is 0.309. The van der Waals surface area contributed by atoms with E-state index in [1.54, 1.807) is 34.4 Å². The topological polar surface area (TPSA) is 67.8 Å². The molecular formula is C19H16N4OS4. The van der Waals surface area contributed by atoms with Gasteiger partial charge in [0.2, 0.25) is 0 Å². The Labute approximate surface area is 179 Å². The number of carbonyl (C=O) groups excluding carboxylic acids is 1. The van der Waals surface area contributed by atoms with Gasteiger partial charge in [-0.1, -0.05) is 17.8 Å². The van der Waals surface area contributed by atoms with E-state index < -0.39 is 0 Å². The maximum absolute atomic E-state index is 13.0. The number of hydrogen-bond acceptors (Lipinski definition) is 8. The summed E-state index contributed by atoms with van der Waals surface area (Å²) < 4.78 is 2.06. The van der Waals surface area contributed by atoms with Gasteiger partial charge >= 0.3 is 0 Å². The second kappa shape index (κ2) is 8.20. The van der Waals surface area contributed by atoms with Crippen molar-refractivity contribution in [2.45, 2.75) is 16.3 Å². The number of hydrogen-bond donors (Lipinski definition) is 1. The normalized spacial score (nSPS) is 11.1. The number of nitrogens with one attached hydrogen (secondary N) is 1. The summed E-state index contributed by atoms with van der Waals surface area (Å²) in [5, 5.41) is 5.66. The van der Waals surface area contributed by atoms with E-state index in [4.69, 9.17) is 0 Å². The number of carbonyl (C=O) groups is 1. The second-order valence-corrected chi connectivity index (χ2v) is 9.64. The molecule has 0 aliphatic rings. The van der Waals surface area contributed by atoms with Crippen LogP contribution in [-0.2, 0) is 0 Å². The Morgan fingerprint density at radius 3 is 2.68 bits per heavy atom. The van der Waals surface area contributed by atoms with Crippen molar-refractivity contribution in [3.05, 3.63) is 47.0 Å². The Morgan fingerprint density at radius 1 is 1.11 bits per heavy atom. The fourth-order valence-corrected chi connectivity index (χ4v) is 5.54. The molecule has 1 N–H and O–H groups in total. The molecule has 9 heteroatoms. The zero-order valence-electron chi connectivity index (χ0n) is 15.3. The average Bonchev–Trinajstić information content (AvgIpc) is 3.36. The van der Waals surface area contributed by atoms with Gasteiger partial charge in [0.1, 0.15) is 5.03 Å². The van der Waals surface area contributed by atoms with Crippen LogP contribution in [0.2, 0.25) is 0 Å². The molecule has 0 bridgehead atoms. The first-order chi connectivity index (χ1) is 13.6. The summed E-state index contributed by atoms with van der Waals surface area (Å²) in [6.07, 6.45) is 3.93. The summed E-state index contributed by atoms with van der Waals surface area (Å²) in [4.78, 5) is 27.7. The van der Waals surface area contributed by atoms with Crippen molar-refractivity contribution in [2.24, 2.45) is 0 Å². The van der Waals surface area contributed by atoms with E-state index in [-0.39, 0.29) is 5.91 Å². The molecule has 0 radical (unpaired) electrons. The van der Waals surface area contributed by atoms with Crippen molar-refractivity contribution in [2.75, 3.05) is 17.8 Å². The first kappa shape index (κ1) is 19.4. The number of benzene rings is 1. The Morgan fingerprint density at radius 2 is 1.96 bits per heavy atom. The van der Waals surface area contributed by atoms with Gasteiger partial charge in [0, 0.05) is 5.69 Å². The molecule has 0 aliphatic carbocycles. The van der Waals surface area contributed by atoms with Crippen LogP contribution < -0.4 is 5.32 Å². The molecule has 0 atom stereocenters. The van der Waals surface area contributed by atoms with Gasteiger partial charge in [-0.05, 0) is 49.1 Å². The zero-order chi connectivity index (χ0) is 19.7. The van der Waals surface area contributed by atoms with Crippen molar-refractivity contribution in [3.8, 4) is 10.7 Å². The molecule has 3 heterocycles. The maximum atomic E-state index is 13.0. The van der Waals surface area contributed by atoms with Crippen molar-refractivity contribution in [3.63, 3.8) is 0 Å². The van der Waals surface area contributed by atoms with Crippen molar-refractivity contribution in [1.29, 1.82) is 0 Å². The standard InChI is InChI=1S/C19H16N4OS4/c1-10-15(18(25-2)23-16(20-10)13-5-4-8-27-13)17(24)21-11-6-7-12-14(9-11)28-19(22-12)26-3/h4-9H,1-3H3,(H,21,24). The predicted molar refractivity (Wildman–Crippen MR) is 121 cm³/mol. The van der Waals surface area contributed by atoms with Crippen LogP contribution in [0.25, 0.3) is 20.9 Å². The number of aryl methyl sites for hydroxylation is 1. The third-order valence-electron chi connectivity index (χ3n) is 4.02. The van der Waals surface area contributed by atoms with Gasteiger partial charge in [-0.3, -0.25) is 4.79 Å². The highest BCUT2D eigenvalue weighted by Gasteiger charge is 2.19. The first-order valence-corrected chi connectivity index (χ1v) is 12.5. The molecule has 3 aromatic heterocycles. The Bertz CT molecular complexity index is 1150. The van der Waals surface area contributed by atoms with Gasteiger partial charge in [-0.15, -0.1) is 34.4 Å². The number of aromatic nitrogens is 3. The smallest absolute Gasteiger partial charge is 0.260 e. The van der Waals surface area contributed by atoms with Crippen LogP contribution in [0.1, 0.15) is 16.1 Å². The lowest BCUT2D eigenvalue weighted by molar-refractivity contribution is 0.102. The highest BCUT2D eigenvalue weighted by atomic mass is 32.2. The molecule has 4 aromatic rings. The third kappa shape index (κ3) is 3.80. The van der Waals surface area contributed by atoms with Crippen molar-refractivity contribution >= 4 is 68.0 Å². The SMILES string of the molecule is CSc1nc2ccc(NC(=O)c3c(C)nc(-c4cccs4)nc3SC)cc2s1. The summed E-state index contributed by atoms with van der Waals surface area (Å²) in [5.41, 5.74) is 2.87. The average molecular weight is 445 g/mol. The van der Waals surface area contributed by atoms with E-state index in [1.165, 1.54) is 11.8 Å². The molecule has 142 valence electrons. The minimum atomic E-state index is -0.200. The third-order valence-corrected chi connectivity index (χ3v) is 7.57. The number of thioether (sulfide) groups is 2. The highest BCUT2D eigenvalue weighted by Crippen LogP contribution is 2.31. The predicted octanol–water partition coefficient (Wildman–Crippen LogP) is 5.82. The van der Waals surface area contributed by atoms with E-state index >= 15 is 0 Å². The lowest BCUT2D eigenvalue weighted by Crippen LogP contribution is -2.16. The summed E-state index contributed by atoms with van der Waals surface area (Å²) in [6, 6.07) is 9.71. The Kier molecular flexibility index (Phi) is 5.68. The number of anilines is 1. The minimum absolute atomic E-state index is 0.200. The molecule has 0 unspecified atom stereocenters. The molecule has 28 heavy (non-hydrogen) atoms. The first-order valence-electron chi connectivity index (χ1n) is 8.31.